The summed E-state index contributed by atoms with van der Waals surface area (Å²) in [7, 11) is 2.75. The van der Waals surface area contributed by atoms with E-state index in [0.717, 1.165) is 28.8 Å². The first-order valence-corrected chi connectivity index (χ1v) is 7.64. The molecule has 0 aliphatic heterocycles. The third-order valence-electron chi connectivity index (χ3n) is 4.03. The number of rotatable bonds is 2. The summed E-state index contributed by atoms with van der Waals surface area (Å²) in [6.45, 7) is 0. The van der Waals surface area contributed by atoms with Gasteiger partial charge in [-0.1, -0.05) is 0 Å². The Kier molecular flexibility index (Phi) is 4.34. The van der Waals surface area contributed by atoms with E-state index in [-0.39, 0.29) is 22.3 Å². The summed E-state index contributed by atoms with van der Waals surface area (Å²) >= 11 is 0. The molecule has 140 valence electrons. The number of fused-ring (bicyclic) bond motifs is 1. The number of alkyl halides is 3. The van der Waals surface area contributed by atoms with Crippen LogP contribution in [0.2, 0.25) is 0 Å². The van der Waals surface area contributed by atoms with Crippen LogP contribution in [0, 0.1) is 0 Å². The van der Waals surface area contributed by atoms with Crippen LogP contribution in [0.25, 0.3) is 11.0 Å². The molecule has 2 heterocycles. The summed E-state index contributed by atoms with van der Waals surface area (Å²) in [6, 6.07) is 5.22. The smallest absolute Gasteiger partial charge is 0.322 e. The first-order chi connectivity index (χ1) is 12.6. The summed E-state index contributed by atoms with van der Waals surface area (Å²) in [4.78, 5) is 40.5. The number of nitrogens with zero attached hydrogens (tertiary/aromatic N) is 3. The molecular formula is C17H13F3N4O3. The minimum absolute atomic E-state index is 0.0261. The predicted octanol–water partition coefficient (Wildman–Crippen LogP) is 1.90. The Morgan fingerprint density at radius 3 is 2.30 bits per heavy atom. The number of anilines is 1. The number of nitrogens with one attached hydrogen (secondary N) is 1. The zero-order valence-electron chi connectivity index (χ0n) is 14.2. The highest BCUT2D eigenvalue weighted by Gasteiger charge is 2.30. The van der Waals surface area contributed by atoms with Crippen LogP contribution in [0.1, 0.15) is 15.9 Å². The molecule has 0 aliphatic rings. The number of halogens is 3. The van der Waals surface area contributed by atoms with E-state index in [1.54, 1.807) is 0 Å². The Bertz CT molecular complexity index is 1160. The summed E-state index contributed by atoms with van der Waals surface area (Å²) in [6.07, 6.45) is -3.29. The zero-order valence-corrected chi connectivity index (χ0v) is 14.2. The number of hydrogen-bond donors (Lipinski definition) is 1. The lowest BCUT2D eigenvalue weighted by atomic mass is 10.2. The molecule has 2 aromatic heterocycles. The molecule has 0 radical (unpaired) electrons. The first kappa shape index (κ1) is 18.4. The monoisotopic (exact) mass is 378 g/mol. The molecule has 0 atom stereocenters. The molecule has 0 saturated heterocycles. The van der Waals surface area contributed by atoms with Crippen molar-refractivity contribution < 1.29 is 18.0 Å². The lowest BCUT2D eigenvalue weighted by Gasteiger charge is -2.10. The van der Waals surface area contributed by atoms with Crippen LogP contribution in [0.4, 0.5) is 18.9 Å². The van der Waals surface area contributed by atoms with Gasteiger partial charge in [0.15, 0.2) is 0 Å². The Morgan fingerprint density at radius 1 is 1.07 bits per heavy atom. The van der Waals surface area contributed by atoms with E-state index in [2.05, 4.69) is 10.3 Å². The lowest BCUT2D eigenvalue weighted by molar-refractivity contribution is -0.137. The molecule has 0 fully saturated rings. The summed E-state index contributed by atoms with van der Waals surface area (Å²) in [5.74, 6) is -0.653. The van der Waals surface area contributed by atoms with E-state index in [4.69, 9.17) is 0 Å². The van der Waals surface area contributed by atoms with Crippen molar-refractivity contribution >= 4 is 22.6 Å². The molecule has 10 heteroatoms. The molecule has 0 saturated carbocycles. The lowest BCUT2D eigenvalue weighted by Crippen LogP contribution is -2.37. The second-order valence-corrected chi connectivity index (χ2v) is 5.83. The first-order valence-electron chi connectivity index (χ1n) is 7.64. The van der Waals surface area contributed by atoms with Gasteiger partial charge >= 0.3 is 11.9 Å². The highest BCUT2D eigenvalue weighted by atomic mass is 19.4. The normalized spacial score (nSPS) is 11.6. The van der Waals surface area contributed by atoms with Gasteiger partial charge in [0, 0.05) is 26.0 Å². The van der Waals surface area contributed by atoms with Gasteiger partial charge in [0.25, 0.3) is 11.5 Å². The van der Waals surface area contributed by atoms with Crippen molar-refractivity contribution in [2.24, 2.45) is 14.1 Å². The van der Waals surface area contributed by atoms with Gasteiger partial charge in [-0.3, -0.25) is 18.7 Å². The summed E-state index contributed by atoms with van der Waals surface area (Å²) in [5.41, 5.74) is -1.70. The highest BCUT2D eigenvalue weighted by Crippen LogP contribution is 2.29. The topological polar surface area (TPSA) is 86.0 Å². The van der Waals surface area contributed by atoms with E-state index in [1.165, 1.54) is 30.9 Å². The Labute approximate surface area is 149 Å². The van der Waals surface area contributed by atoms with Gasteiger partial charge in [-0.05, 0) is 30.3 Å². The minimum Gasteiger partial charge on any atom is -0.322 e. The molecule has 7 nitrogen and oxygen atoms in total. The summed E-state index contributed by atoms with van der Waals surface area (Å²) < 4.78 is 39.8. The molecule has 1 aromatic carbocycles. The van der Waals surface area contributed by atoms with Crippen LogP contribution < -0.4 is 16.6 Å². The molecule has 0 spiro atoms. The van der Waals surface area contributed by atoms with E-state index in [9.17, 15) is 27.6 Å². The number of pyridine rings is 1. The second kappa shape index (κ2) is 6.38. The van der Waals surface area contributed by atoms with Gasteiger partial charge in [-0.15, -0.1) is 0 Å². The van der Waals surface area contributed by atoms with Crippen LogP contribution in [0.5, 0.6) is 0 Å². The number of carbonyl (C=O) groups excluding carboxylic acids is 1. The fourth-order valence-corrected chi connectivity index (χ4v) is 2.54. The fraction of sp³-hybridized carbons (Fsp3) is 0.176. The van der Waals surface area contributed by atoms with Crippen molar-refractivity contribution in [1.82, 2.24) is 14.1 Å². The molecule has 0 bridgehead atoms. The number of amides is 1. The third-order valence-corrected chi connectivity index (χ3v) is 4.03. The maximum Gasteiger partial charge on any atom is 0.416 e. The standard InChI is InChI=1S/C17H13F3N4O3/c1-23-13-12(15(26)24(2)16(23)27)7-9(8-21-13)14(25)22-11-5-3-10(4-6-11)17(18,19)20/h3-8H,1-2H3,(H,22,25). The maximum atomic E-state index is 12.6. The van der Waals surface area contributed by atoms with Crippen LogP contribution in [0.15, 0.2) is 46.1 Å². The molecule has 3 rings (SSSR count). The van der Waals surface area contributed by atoms with Crippen molar-refractivity contribution in [2.75, 3.05) is 5.32 Å². The zero-order chi connectivity index (χ0) is 19.9. The largest absolute Gasteiger partial charge is 0.416 e. The second-order valence-electron chi connectivity index (χ2n) is 5.83. The third kappa shape index (κ3) is 3.33. The van der Waals surface area contributed by atoms with Crippen molar-refractivity contribution in [1.29, 1.82) is 0 Å². The average Bonchev–Trinajstić information content (AvgIpc) is 2.63. The number of carbonyl (C=O) groups is 1. The highest BCUT2D eigenvalue weighted by molar-refractivity contribution is 6.05. The van der Waals surface area contributed by atoms with Crippen molar-refractivity contribution in [3.05, 3.63) is 68.5 Å². The SMILES string of the molecule is Cn1c(=O)c2cc(C(=O)Nc3ccc(C(F)(F)F)cc3)cnc2n(C)c1=O. The molecular weight excluding hydrogens is 365 g/mol. The van der Waals surface area contributed by atoms with E-state index < -0.39 is 28.9 Å². The van der Waals surface area contributed by atoms with Crippen LogP contribution in [-0.2, 0) is 20.3 Å². The Hall–Kier alpha value is -3.43. The number of aryl methyl sites for hydroxylation is 1. The quantitative estimate of drug-likeness (QED) is 0.738. The van der Waals surface area contributed by atoms with E-state index >= 15 is 0 Å². The molecule has 3 aromatic rings. The Morgan fingerprint density at radius 2 is 1.70 bits per heavy atom. The van der Waals surface area contributed by atoms with Crippen molar-refractivity contribution in [3.63, 3.8) is 0 Å². The van der Waals surface area contributed by atoms with Gasteiger partial charge in [0.05, 0.1) is 16.5 Å². The van der Waals surface area contributed by atoms with Gasteiger partial charge in [0.1, 0.15) is 5.65 Å². The number of aromatic nitrogens is 3. The number of benzene rings is 1. The predicted molar refractivity (Wildman–Crippen MR) is 91.6 cm³/mol. The number of hydrogen-bond acceptors (Lipinski definition) is 4. The Balaban J connectivity index is 1.95. The van der Waals surface area contributed by atoms with E-state index in [1.807, 2.05) is 0 Å². The maximum absolute atomic E-state index is 12.6. The average molecular weight is 378 g/mol. The van der Waals surface area contributed by atoms with Crippen LogP contribution >= 0.6 is 0 Å². The molecule has 1 amide bonds. The van der Waals surface area contributed by atoms with E-state index in [0.29, 0.717) is 0 Å². The van der Waals surface area contributed by atoms with Crippen LogP contribution in [-0.4, -0.2) is 20.0 Å². The van der Waals surface area contributed by atoms with Gasteiger partial charge in [0.2, 0.25) is 0 Å². The molecule has 0 unspecified atom stereocenters. The minimum atomic E-state index is -4.47. The molecule has 0 aliphatic carbocycles. The molecule has 1 N–H and O–H groups in total. The van der Waals surface area contributed by atoms with Crippen LogP contribution in [0.3, 0.4) is 0 Å². The van der Waals surface area contributed by atoms with Crippen molar-refractivity contribution in [2.45, 2.75) is 6.18 Å². The fourth-order valence-electron chi connectivity index (χ4n) is 2.54. The summed E-state index contributed by atoms with van der Waals surface area (Å²) in [5, 5.41) is 2.51. The van der Waals surface area contributed by atoms with Crippen molar-refractivity contribution in [3.8, 4) is 0 Å². The van der Waals surface area contributed by atoms with Gasteiger partial charge < -0.3 is 5.32 Å². The van der Waals surface area contributed by atoms with Gasteiger partial charge in [-0.25, -0.2) is 9.78 Å². The molecule has 27 heavy (non-hydrogen) atoms. The van der Waals surface area contributed by atoms with Gasteiger partial charge in [-0.2, -0.15) is 13.2 Å².